The maximum atomic E-state index is 12.4. The van der Waals surface area contributed by atoms with Gasteiger partial charge in [0.15, 0.2) is 0 Å². The standard InChI is InChI=1S/C25H33N3O3/c1-6-12-26-21-9-7-8-19(14-21)20-10-11-24-22(15-20)23(27-25(30)31-16(2)3)13-17(4)28(24)18(5)29/h7-11,14-17,23,26H,6,12-13H2,1-5H3,(H,27,30)/t17-,23+/m0/s1. The molecule has 1 heterocycles. The predicted octanol–water partition coefficient (Wildman–Crippen LogP) is 5.50. The van der Waals surface area contributed by atoms with E-state index in [0.29, 0.717) is 6.42 Å². The van der Waals surface area contributed by atoms with Gasteiger partial charge in [-0.05, 0) is 74.6 Å². The molecule has 6 nitrogen and oxygen atoms in total. The lowest BCUT2D eigenvalue weighted by Crippen LogP contribution is -2.45. The van der Waals surface area contributed by atoms with Crippen molar-refractivity contribution in [2.75, 3.05) is 16.8 Å². The molecule has 0 spiro atoms. The maximum Gasteiger partial charge on any atom is 0.407 e. The van der Waals surface area contributed by atoms with Gasteiger partial charge in [-0.15, -0.1) is 0 Å². The van der Waals surface area contributed by atoms with E-state index in [0.717, 1.165) is 41.0 Å². The van der Waals surface area contributed by atoms with E-state index < -0.39 is 6.09 Å². The molecule has 2 aromatic carbocycles. The van der Waals surface area contributed by atoms with Crippen LogP contribution in [0, 0.1) is 0 Å². The largest absolute Gasteiger partial charge is 0.447 e. The lowest BCUT2D eigenvalue weighted by atomic mass is 9.89. The fraction of sp³-hybridized carbons (Fsp3) is 0.440. The van der Waals surface area contributed by atoms with Crippen LogP contribution in [0.4, 0.5) is 16.2 Å². The third-order valence-corrected chi connectivity index (χ3v) is 5.43. The molecule has 2 N–H and O–H groups in total. The van der Waals surface area contributed by atoms with Gasteiger partial charge in [0.2, 0.25) is 5.91 Å². The molecule has 3 rings (SSSR count). The number of hydrogen-bond acceptors (Lipinski definition) is 4. The van der Waals surface area contributed by atoms with Crippen LogP contribution < -0.4 is 15.5 Å². The number of fused-ring (bicyclic) bond motifs is 1. The zero-order chi connectivity index (χ0) is 22.5. The van der Waals surface area contributed by atoms with Crippen molar-refractivity contribution >= 4 is 23.4 Å². The third-order valence-electron chi connectivity index (χ3n) is 5.43. The monoisotopic (exact) mass is 423 g/mol. The molecular weight excluding hydrogens is 390 g/mol. The van der Waals surface area contributed by atoms with Gasteiger partial charge in [0.1, 0.15) is 0 Å². The quantitative estimate of drug-likeness (QED) is 0.644. The number of alkyl carbamates (subject to hydrolysis) is 1. The van der Waals surface area contributed by atoms with Crippen molar-refractivity contribution in [2.45, 2.75) is 65.6 Å². The van der Waals surface area contributed by atoms with Gasteiger partial charge < -0.3 is 20.3 Å². The van der Waals surface area contributed by atoms with Crippen LogP contribution in [-0.2, 0) is 9.53 Å². The Hall–Kier alpha value is -3.02. The summed E-state index contributed by atoms with van der Waals surface area (Å²) in [7, 11) is 0. The Kier molecular flexibility index (Phi) is 7.21. The van der Waals surface area contributed by atoms with E-state index in [2.05, 4.69) is 41.8 Å². The summed E-state index contributed by atoms with van der Waals surface area (Å²) in [6, 6.07) is 14.1. The Morgan fingerprint density at radius 3 is 2.58 bits per heavy atom. The number of nitrogens with zero attached hydrogens (tertiary/aromatic N) is 1. The summed E-state index contributed by atoms with van der Waals surface area (Å²) in [4.78, 5) is 26.5. The van der Waals surface area contributed by atoms with Crippen LogP contribution in [0.5, 0.6) is 0 Å². The van der Waals surface area contributed by atoms with E-state index in [1.165, 1.54) is 0 Å². The summed E-state index contributed by atoms with van der Waals surface area (Å²) < 4.78 is 5.31. The minimum atomic E-state index is -0.439. The summed E-state index contributed by atoms with van der Waals surface area (Å²) in [6.07, 6.45) is 1.05. The zero-order valence-corrected chi connectivity index (χ0v) is 19.1. The summed E-state index contributed by atoms with van der Waals surface area (Å²) in [6.45, 7) is 10.3. The molecular formula is C25H33N3O3. The minimum absolute atomic E-state index is 0.00419. The zero-order valence-electron chi connectivity index (χ0n) is 19.1. The molecule has 31 heavy (non-hydrogen) atoms. The molecule has 0 unspecified atom stereocenters. The van der Waals surface area contributed by atoms with Gasteiger partial charge in [0.05, 0.1) is 12.1 Å². The number of benzene rings is 2. The van der Waals surface area contributed by atoms with E-state index >= 15 is 0 Å². The van der Waals surface area contributed by atoms with Gasteiger partial charge >= 0.3 is 6.09 Å². The van der Waals surface area contributed by atoms with Crippen molar-refractivity contribution < 1.29 is 14.3 Å². The summed E-state index contributed by atoms with van der Waals surface area (Å²) in [5, 5.41) is 6.42. The van der Waals surface area contributed by atoms with Crippen molar-refractivity contribution in [3.05, 3.63) is 48.0 Å². The molecule has 0 fully saturated rings. The van der Waals surface area contributed by atoms with Crippen molar-refractivity contribution in [1.29, 1.82) is 0 Å². The van der Waals surface area contributed by atoms with Crippen LogP contribution >= 0.6 is 0 Å². The average Bonchev–Trinajstić information content (AvgIpc) is 2.71. The van der Waals surface area contributed by atoms with Gasteiger partial charge in [-0.1, -0.05) is 25.1 Å². The van der Waals surface area contributed by atoms with Crippen LogP contribution in [0.15, 0.2) is 42.5 Å². The molecule has 1 aliphatic rings. The fourth-order valence-corrected chi connectivity index (χ4v) is 4.13. The summed E-state index contributed by atoms with van der Waals surface area (Å²) >= 11 is 0. The number of rotatable bonds is 6. The Morgan fingerprint density at radius 1 is 1.16 bits per heavy atom. The second-order valence-electron chi connectivity index (χ2n) is 8.41. The van der Waals surface area contributed by atoms with Crippen molar-refractivity contribution in [2.24, 2.45) is 0 Å². The van der Waals surface area contributed by atoms with Crippen LogP contribution in [-0.4, -0.2) is 30.7 Å². The normalized spacial score (nSPS) is 17.8. The smallest absolute Gasteiger partial charge is 0.407 e. The second-order valence-corrected chi connectivity index (χ2v) is 8.41. The maximum absolute atomic E-state index is 12.4. The summed E-state index contributed by atoms with van der Waals surface area (Å²) in [5.41, 5.74) is 4.97. The van der Waals surface area contributed by atoms with Crippen molar-refractivity contribution in [1.82, 2.24) is 5.32 Å². The number of nitrogens with one attached hydrogen (secondary N) is 2. The molecule has 2 aromatic rings. The molecule has 0 aliphatic carbocycles. The minimum Gasteiger partial charge on any atom is -0.447 e. The van der Waals surface area contributed by atoms with E-state index in [1.807, 2.05) is 43.9 Å². The van der Waals surface area contributed by atoms with Crippen molar-refractivity contribution in [3.63, 3.8) is 0 Å². The molecule has 0 aromatic heterocycles. The van der Waals surface area contributed by atoms with Gasteiger partial charge in [-0.2, -0.15) is 0 Å². The average molecular weight is 424 g/mol. The third kappa shape index (κ3) is 5.37. The van der Waals surface area contributed by atoms with Crippen LogP contribution in [0.2, 0.25) is 0 Å². The molecule has 0 saturated carbocycles. The van der Waals surface area contributed by atoms with Crippen LogP contribution in [0.3, 0.4) is 0 Å². The topological polar surface area (TPSA) is 70.7 Å². The SMILES string of the molecule is CCCNc1cccc(-c2ccc3c(c2)[C@H](NC(=O)OC(C)C)C[C@H](C)N3C(C)=O)c1. The fourth-order valence-electron chi connectivity index (χ4n) is 4.13. The molecule has 2 amide bonds. The van der Waals surface area contributed by atoms with E-state index in [9.17, 15) is 9.59 Å². The summed E-state index contributed by atoms with van der Waals surface area (Å²) in [5.74, 6) is -0.00419. The number of carbonyl (C=O) groups is 2. The first-order chi connectivity index (χ1) is 14.8. The van der Waals surface area contributed by atoms with Gasteiger partial charge in [-0.25, -0.2) is 4.79 Å². The van der Waals surface area contributed by atoms with Crippen LogP contribution in [0.1, 0.15) is 59.1 Å². The molecule has 166 valence electrons. The molecule has 1 aliphatic heterocycles. The molecule has 6 heteroatoms. The van der Waals surface area contributed by atoms with E-state index in [-0.39, 0.29) is 24.1 Å². The molecule has 0 radical (unpaired) electrons. The second kappa shape index (κ2) is 9.86. The number of ether oxygens (including phenoxy) is 1. The molecule has 0 saturated heterocycles. The molecule has 0 bridgehead atoms. The lowest BCUT2D eigenvalue weighted by molar-refractivity contribution is -0.117. The Balaban J connectivity index is 1.99. The number of carbonyl (C=O) groups excluding carboxylic acids is 2. The predicted molar refractivity (Wildman–Crippen MR) is 125 cm³/mol. The number of hydrogen-bond donors (Lipinski definition) is 2. The van der Waals surface area contributed by atoms with Crippen molar-refractivity contribution in [3.8, 4) is 11.1 Å². The highest BCUT2D eigenvalue weighted by Crippen LogP contribution is 2.40. The molecule has 2 atom stereocenters. The highest BCUT2D eigenvalue weighted by atomic mass is 16.6. The first-order valence-corrected chi connectivity index (χ1v) is 11.0. The number of amides is 2. The van der Waals surface area contributed by atoms with E-state index in [4.69, 9.17) is 4.74 Å². The van der Waals surface area contributed by atoms with Crippen LogP contribution in [0.25, 0.3) is 11.1 Å². The highest BCUT2D eigenvalue weighted by Gasteiger charge is 2.33. The lowest BCUT2D eigenvalue weighted by Gasteiger charge is -2.39. The highest BCUT2D eigenvalue weighted by molar-refractivity contribution is 5.94. The Bertz CT molecular complexity index is 941. The Labute approximate surface area is 185 Å². The first kappa shape index (κ1) is 22.7. The van der Waals surface area contributed by atoms with Gasteiger partial charge in [-0.3, -0.25) is 4.79 Å². The van der Waals surface area contributed by atoms with Gasteiger partial charge in [0.25, 0.3) is 0 Å². The first-order valence-electron chi connectivity index (χ1n) is 11.0. The Morgan fingerprint density at radius 2 is 1.90 bits per heavy atom. The van der Waals surface area contributed by atoms with Gasteiger partial charge in [0, 0.05) is 30.9 Å². The van der Waals surface area contributed by atoms with E-state index in [1.54, 1.807) is 6.92 Å². The number of anilines is 2.